The van der Waals surface area contributed by atoms with Crippen molar-refractivity contribution in [3.63, 3.8) is 0 Å². The van der Waals surface area contributed by atoms with Gasteiger partial charge in [0.05, 0.1) is 19.1 Å². The lowest BCUT2D eigenvalue weighted by molar-refractivity contribution is -0.138. The molecule has 1 aromatic rings. The van der Waals surface area contributed by atoms with Gasteiger partial charge in [-0.25, -0.2) is 0 Å². The van der Waals surface area contributed by atoms with Gasteiger partial charge in [-0.1, -0.05) is 19.9 Å². The molecule has 0 aromatic heterocycles. The number of hydrogen-bond acceptors (Lipinski definition) is 4. The third kappa shape index (κ3) is 3.07. The van der Waals surface area contributed by atoms with Crippen LogP contribution in [0, 0.1) is 5.92 Å². The fraction of sp³-hybridized carbons (Fsp3) is 0.533. The summed E-state index contributed by atoms with van der Waals surface area (Å²) in [5, 5.41) is 0. The molecule has 3 atom stereocenters. The van der Waals surface area contributed by atoms with Gasteiger partial charge in [-0.2, -0.15) is 0 Å². The molecule has 2 rings (SSSR count). The molecule has 1 aliphatic heterocycles. The summed E-state index contributed by atoms with van der Waals surface area (Å²) in [7, 11) is 1.57. The van der Waals surface area contributed by atoms with E-state index >= 15 is 0 Å². The molecule has 0 radical (unpaired) electrons. The number of methoxy groups -OCH3 is 1. The Morgan fingerprint density at radius 1 is 1.42 bits per heavy atom. The molecule has 19 heavy (non-hydrogen) atoms. The van der Waals surface area contributed by atoms with Crippen molar-refractivity contribution in [1.82, 2.24) is 0 Å². The molecule has 1 fully saturated rings. The quantitative estimate of drug-likeness (QED) is 0.466. The smallest absolute Gasteiger partial charge is 0.314 e. The summed E-state index contributed by atoms with van der Waals surface area (Å²) in [6.07, 6.45) is 1.14. The second-order valence-corrected chi connectivity index (χ2v) is 4.90. The molecule has 0 bridgehead atoms. The van der Waals surface area contributed by atoms with Crippen molar-refractivity contribution in [1.29, 1.82) is 0 Å². The van der Waals surface area contributed by atoms with Crippen LogP contribution < -0.4 is 9.47 Å². The van der Waals surface area contributed by atoms with Gasteiger partial charge in [0.1, 0.15) is 6.10 Å². The Morgan fingerprint density at radius 3 is 2.63 bits per heavy atom. The van der Waals surface area contributed by atoms with E-state index in [0.29, 0.717) is 11.5 Å². The fourth-order valence-electron chi connectivity index (χ4n) is 1.86. The Bertz CT molecular complexity index is 469. The zero-order valence-corrected chi connectivity index (χ0v) is 11.8. The van der Waals surface area contributed by atoms with Gasteiger partial charge in [0.2, 0.25) is 0 Å². The van der Waals surface area contributed by atoms with Crippen LogP contribution in [0.5, 0.6) is 11.5 Å². The maximum absolute atomic E-state index is 11.8. The molecule has 1 saturated heterocycles. The molecule has 0 N–H and O–H groups in total. The third-order valence-electron chi connectivity index (χ3n) is 3.45. The highest BCUT2D eigenvalue weighted by atomic mass is 16.6. The summed E-state index contributed by atoms with van der Waals surface area (Å²) < 4.78 is 16.1. The summed E-state index contributed by atoms with van der Waals surface area (Å²) >= 11 is 0. The highest BCUT2D eigenvalue weighted by Gasteiger charge is 2.36. The molecule has 0 saturated carbocycles. The van der Waals surface area contributed by atoms with Crippen molar-refractivity contribution in [3.05, 3.63) is 23.8 Å². The van der Waals surface area contributed by atoms with E-state index in [0.717, 1.165) is 12.0 Å². The minimum Gasteiger partial charge on any atom is -0.493 e. The lowest BCUT2D eigenvalue weighted by Gasteiger charge is -2.12. The average Bonchev–Trinajstić information content (AvgIpc) is 3.15. The second kappa shape index (κ2) is 5.61. The summed E-state index contributed by atoms with van der Waals surface area (Å²) in [6.45, 7) is 5.83. The molecule has 104 valence electrons. The molecular formula is C15H20O4. The fourth-order valence-corrected chi connectivity index (χ4v) is 1.86. The lowest BCUT2D eigenvalue weighted by atomic mass is 10.1. The normalized spacial score (nSPS) is 22.7. The van der Waals surface area contributed by atoms with E-state index in [2.05, 4.69) is 0 Å². The van der Waals surface area contributed by atoms with E-state index in [1.807, 2.05) is 32.9 Å². The van der Waals surface area contributed by atoms with E-state index < -0.39 is 0 Å². The minimum absolute atomic E-state index is 0.115. The Labute approximate surface area is 113 Å². The molecule has 0 spiro atoms. The van der Waals surface area contributed by atoms with Crippen LogP contribution in [0.1, 0.15) is 38.9 Å². The summed E-state index contributed by atoms with van der Waals surface area (Å²) in [4.78, 5) is 11.8. The molecule has 1 aliphatic rings. The van der Waals surface area contributed by atoms with Crippen molar-refractivity contribution in [2.24, 2.45) is 5.92 Å². The minimum atomic E-state index is -0.232. The first-order valence-corrected chi connectivity index (χ1v) is 6.61. The monoisotopic (exact) mass is 264 g/mol. The highest BCUT2D eigenvalue weighted by molar-refractivity contribution is 5.75. The number of hydrogen-bond donors (Lipinski definition) is 0. The number of epoxide rings is 1. The second-order valence-electron chi connectivity index (χ2n) is 4.90. The Morgan fingerprint density at radius 2 is 2.11 bits per heavy atom. The van der Waals surface area contributed by atoms with Crippen LogP contribution in [-0.2, 0) is 9.53 Å². The summed E-state index contributed by atoms with van der Waals surface area (Å²) in [5.74, 6) is 0.683. The van der Waals surface area contributed by atoms with E-state index in [-0.39, 0.29) is 24.1 Å². The van der Waals surface area contributed by atoms with Gasteiger partial charge in [0.15, 0.2) is 11.5 Å². The first-order chi connectivity index (χ1) is 9.06. The number of rotatable bonds is 5. The number of carbonyl (C=O) groups excluding carboxylic acids is 1. The van der Waals surface area contributed by atoms with Crippen molar-refractivity contribution >= 4 is 5.97 Å². The average molecular weight is 264 g/mol. The van der Waals surface area contributed by atoms with Gasteiger partial charge in [-0.05, 0) is 31.0 Å². The summed E-state index contributed by atoms with van der Waals surface area (Å²) in [6, 6.07) is 5.55. The Kier molecular flexibility index (Phi) is 4.10. The number of esters is 1. The van der Waals surface area contributed by atoms with Gasteiger partial charge in [0, 0.05) is 0 Å². The first-order valence-electron chi connectivity index (χ1n) is 6.61. The van der Waals surface area contributed by atoms with E-state index in [1.165, 1.54) is 0 Å². The largest absolute Gasteiger partial charge is 0.493 e. The van der Waals surface area contributed by atoms with Crippen LogP contribution >= 0.6 is 0 Å². The predicted octanol–water partition coefficient (Wildman–Crippen LogP) is 3.11. The molecule has 1 aromatic carbocycles. The standard InChI is InChI=1S/C15H20O4/c1-5-9(2)15(16)19-12-7-6-11(8-13(12)17-4)14-10(3)18-14/h6-10,14H,5H2,1-4H3. The molecular weight excluding hydrogens is 244 g/mol. The van der Waals surface area contributed by atoms with Gasteiger partial charge in [-0.15, -0.1) is 0 Å². The van der Waals surface area contributed by atoms with Crippen LogP contribution in [0.2, 0.25) is 0 Å². The highest BCUT2D eigenvalue weighted by Crippen LogP contribution is 2.41. The topological polar surface area (TPSA) is 48.1 Å². The van der Waals surface area contributed by atoms with Crippen LogP contribution in [0.3, 0.4) is 0 Å². The SMILES string of the molecule is CCC(C)C(=O)Oc1ccc(C2OC2C)cc1OC. The van der Waals surface area contributed by atoms with Crippen LogP contribution in [0.4, 0.5) is 0 Å². The van der Waals surface area contributed by atoms with Gasteiger partial charge >= 0.3 is 5.97 Å². The lowest BCUT2D eigenvalue weighted by Crippen LogP contribution is -2.17. The van der Waals surface area contributed by atoms with Gasteiger partial charge < -0.3 is 14.2 Å². The molecule has 4 heteroatoms. The molecule has 4 nitrogen and oxygen atoms in total. The Balaban J connectivity index is 2.14. The van der Waals surface area contributed by atoms with Crippen molar-refractivity contribution in [2.75, 3.05) is 7.11 Å². The van der Waals surface area contributed by atoms with Crippen molar-refractivity contribution < 1.29 is 19.0 Å². The maximum atomic E-state index is 11.8. The number of carbonyl (C=O) groups is 1. The number of ether oxygens (including phenoxy) is 3. The maximum Gasteiger partial charge on any atom is 0.314 e. The molecule has 3 unspecified atom stereocenters. The van der Waals surface area contributed by atoms with Gasteiger partial charge in [0.25, 0.3) is 0 Å². The van der Waals surface area contributed by atoms with Crippen LogP contribution in [0.15, 0.2) is 18.2 Å². The number of benzene rings is 1. The zero-order valence-electron chi connectivity index (χ0n) is 11.8. The predicted molar refractivity (Wildman–Crippen MR) is 71.4 cm³/mol. The van der Waals surface area contributed by atoms with E-state index in [1.54, 1.807) is 13.2 Å². The zero-order chi connectivity index (χ0) is 14.0. The van der Waals surface area contributed by atoms with Crippen molar-refractivity contribution in [3.8, 4) is 11.5 Å². The Hall–Kier alpha value is -1.55. The molecule has 0 aliphatic carbocycles. The van der Waals surface area contributed by atoms with E-state index in [9.17, 15) is 4.79 Å². The van der Waals surface area contributed by atoms with Crippen LogP contribution in [-0.4, -0.2) is 19.2 Å². The first kappa shape index (κ1) is 13.9. The summed E-state index contributed by atoms with van der Waals surface area (Å²) in [5.41, 5.74) is 1.05. The van der Waals surface area contributed by atoms with E-state index in [4.69, 9.17) is 14.2 Å². The third-order valence-corrected chi connectivity index (χ3v) is 3.45. The van der Waals surface area contributed by atoms with Gasteiger partial charge in [-0.3, -0.25) is 4.79 Å². The molecule has 1 heterocycles. The van der Waals surface area contributed by atoms with Crippen LogP contribution in [0.25, 0.3) is 0 Å². The molecule has 0 amide bonds. The van der Waals surface area contributed by atoms with Crippen molar-refractivity contribution in [2.45, 2.75) is 39.4 Å².